The summed E-state index contributed by atoms with van der Waals surface area (Å²) in [7, 11) is -3.73. The first-order valence-electron chi connectivity index (χ1n) is 9.11. The van der Waals surface area contributed by atoms with Crippen LogP contribution in [0.3, 0.4) is 0 Å². The van der Waals surface area contributed by atoms with Crippen molar-refractivity contribution in [2.24, 2.45) is 5.14 Å². The van der Waals surface area contributed by atoms with Crippen molar-refractivity contribution < 1.29 is 13.2 Å². The van der Waals surface area contributed by atoms with Gasteiger partial charge in [0, 0.05) is 25.0 Å². The molecule has 0 saturated heterocycles. The van der Waals surface area contributed by atoms with Crippen LogP contribution in [0.2, 0.25) is 0 Å². The van der Waals surface area contributed by atoms with Crippen LogP contribution in [0, 0.1) is 6.92 Å². The number of hydrogen-bond acceptors (Lipinski definition) is 5. The van der Waals surface area contributed by atoms with Crippen molar-refractivity contribution in [3.8, 4) is 0 Å². The van der Waals surface area contributed by atoms with Gasteiger partial charge in [0.05, 0.1) is 10.3 Å². The predicted octanol–water partition coefficient (Wildman–Crippen LogP) is 1.34. The van der Waals surface area contributed by atoms with Crippen molar-refractivity contribution in [3.05, 3.63) is 69.6 Å². The van der Waals surface area contributed by atoms with Gasteiger partial charge in [0.25, 0.3) is 5.91 Å². The second-order valence-electron chi connectivity index (χ2n) is 6.68. The van der Waals surface area contributed by atoms with E-state index >= 15 is 0 Å². The zero-order chi connectivity index (χ0) is 21.2. The number of aromatic nitrogens is 2. The molecule has 29 heavy (non-hydrogen) atoms. The molecule has 0 atom stereocenters. The second-order valence-corrected chi connectivity index (χ2v) is 8.24. The van der Waals surface area contributed by atoms with Crippen LogP contribution in [0.4, 0.5) is 0 Å². The number of nitrogens with zero attached hydrogens (tertiary/aromatic N) is 2. The molecule has 2 aromatic heterocycles. The molecule has 0 aliphatic rings. The molecule has 152 valence electrons. The number of rotatable bonds is 6. The molecule has 3 N–H and O–H groups in total. The van der Waals surface area contributed by atoms with Crippen LogP contribution in [0.25, 0.3) is 11.0 Å². The normalized spacial score (nSPS) is 11.6. The molecule has 0 radical (unpaired) electrons. The predicted molar refractivity (Wildman–Crippen MR) is 110 cm³/mol. The number of fused-ring (bicyclic) bond motifs is 1. The zero-order valence-electron chi connectivity index (χ0n) is 16.2. The summed E-state index contributed by atoms with van der Waals surface area (Å²) in [5, 5.41) is 8.23. The number of sulfonamides is 1. The lowest BCUT2D eigenvalue weighted by Crippen LogP contribution is -2.31. The van der Waals surface area contributed by atoms with Crippen molar-refractivity contribution in [3.63, 3.8) is 0 Å². The van der Waals surface area contributed by atoms with E-state index in [1.807, 2.05) is 13.8 Å². The lowest BCUT2D eigenvalue weighted by atomic mass is 10.1. The molecule has 0 aliphatic heterocycles. The smallest absolute Gasteiger partial charge is 0.256 e. The third-order valence-corrected chi connectivity index (χ3v) is 5.53. The Morgan fingerprint density at radius 1 is 1.17 bits per heavy atom. The van der Waals surface area contributed by atoms with E-state index in [1.165, 1.54) is 18.3 Å². The fourth-order valence-electron chi connectivity index (χ4n) is 3.02. The molecule has 1 aromatic carbocycles. The minimum atomic E-state index is -3.73. The standard InChI is InChI=1S/C20H22N4O4S/c1-3-24-12-17(18(25)16-9-4-13(2)23-19(16)24)20(26)22-11-10-14-5-7-15(8-6-14)29(21,27)28/h4-9,12H,3,10-11H2,1-2H3,(H,22,26)(H2,21,27,28). The summed E-state index contributed by atoms with van der Waals surface area (Å²) in [6, 6.07) is 9.56. The van der Waals surface area contributed by atoms with Crippen LogP contribution in [-0.2, 0) is 23.0 Å². The zero-order valence-corrected chi connectivity index (χ0v) is 17.0. The van der Waals surface area contributed by atoms with Gasteiger partial charge in [-0.05, 0) is 50.1 Å². The SMILES string of the molecule is CCn1cc(C(=O)NCCc2ccc(S(N)(=O)=O)cc2)c(=O)c2ccc(C)nc21. The van der Waals surface area contributed by atoms with E-state index in [9.17, 15) is 18.0 Å². The molecular weight excluding hydrogens is 392 g/mol. The van der Waals surface area contributed by atoms with Crippen LogP contribution < -0.4 is 15.9 Å². The van der Waals surface area contributed by atoms with Gasteiger partial charge in [0.15, 0.2) is 0 Å². The van der Waals surface area contributed by atoms with E-state index in [-0.39, 0.29) is 15.9 Å². The number of nitrogens with two attached hydrogens (primary N) is 1. The molecule has 9 heteroatoms. The molecule has 0 saturated carbocycles. The molecule has 3 aromatic rings. The molecule has 8 nitrogen and oxygen atoms in total. The maximum Gasteiger partial charge on any atom is 0.256 e. The Balaban J connectivity index is 1.76. The van der Waals surface area contributed by atoms with Crippen LogP contribution in [0.5, 0.6) is 0 Å². The van der Waals surface area contributed by atoms with Crippen LogP contribution in [0.1, 0.15) is 28.5 Å². The van der Waals surface area contributed by atoms with Gasteiger partial charge in [0.2, 0.25) is 15.5 Å². The molecule has 0 fully saturated rings. The van der Waals surface area contributed by atoms with Crippen LogP contribution in [-0.4, -0.2) is 30.4 Å². The fraction of sp³-hybridized carbons (Fsp3) is 0.250. The Labute approximate surface area is 168 Å². The topological polar surface area (TPSA) is 124 Å². The summed E-state index contributed by atoms with van der Waals surface area (Å²) >= 11 is 0. The minimum Gasteiger partial charge on any atom is -0.352 e. The lowest BCUT2D eigenvalue weighted by molar-refractivity contribution is 0.0952. The van der Waals surface area contributed by atoms with Crippen molar-refractivity contribution in [2.75, 3.05) is 6.54 Å². The number of carbonyl (C=O) groups is 1. The molecule has 0 aliphatic carbocycles. The fourth-order valence-corrected chi connectivity index (χ4v) is 3.54. The average Bonchev–Trinajstić information content (AvgIpc) is 2.68. The first-order valence-corrected chi connectivity index (χ1v) is 10.7. The monoisotopic (exact) mass is 414 g/mol. The molecule has 0 spiro atoms. The highest BCUT2D eigenvalue weighted by Crippen LogP contribution is 2.11. The lowest BCUT2D eigenvalue weighted by Gasteiger charge is -2.11. The van der Waals surface area contributed by atoms with Gasteiger partial charge < -0.3 is 9.88 Å². The number of nitrogens with one attached hydrogen (secondary N) is 1. The molecule has 0 bridgehead atoms. The molecule has 0 unspecified atom stereocenters. The van der Waals surface area contributed by atoms with Crippen molar-refractivity contribution >= 4 is 27.0 Å². The Kier molecular flexibility index (Phi) is 5.81. The van der Waals surface area contributed by atoms with Crippen molar-refractivity contribution in [1.29, 1.82) is 0 Å². The third-order valence-electron chi connectivity index (χ3n) is 4.60. The second kappa shape index (κ2) is 8.14. The quantitative estimate of drug-likeness (QED) is 0.630. The van der Waals surface area contributed by atoms with E-state index in [0.717, 1.165) is 11.3 Å². The van der Waals surface area contributed by atoms with Gasteiger partial charge in [-0.3, -0.25) is 9.59 Å². The first kappa shape index (κ1) is 20.7. The number of carbonyl (C=O) groups excluding carboxylic acids is 1. The number of amides is 1. The molecule has 2 heterocycles. The van der Waals surface area contributed by atoms with Gasteiger partial charge in [-0.25, -0.2) is 18.5 Å². The van der Waals surface area contributed by atoms with Gasteiger partial charge in [-0.2, -0.15) is 0 Å². The van der Waals surface area contributed by atoms with Crippen LogP contribution in [0.15, 0.2) is 52.3 Å². The maximum atomic E-state index is 12.7. The average molecular weight is 414 g/mol. The Morgan fingerprint density at radius 2 is 1.86 bits per heavy atom. The van der Waals surface area contributed by atoms with Gasteiger partial charge in [-0.1, -0.05) is 12.1 Å². The van der Waals surface area contributed by atoms with E-state index < -0.39 is 15.9 Å². The highest BCUT2D eigenvalue weighted by atomic mass is 32.2. The van der Waals surface area contributed by atoms with Gasteiger partial charge >= 0.3 is 0 Å². The number of primary sulfonamides is 1. The summed E-state index contributed by atoms with van der Waals surface area (Å²) < 4.78 is 24.4. The molecular formula is C20H22N4O4S. The Bertz CT molecular complexity index is 1230. The van der Waals surface area contributed by atoms with Crippen molar-refractivity contribution in [1.82, 2.24) is 14.9 Å². The molecule has 1 amide bonds. The van der Waals surface area contributed by atoms with E-state index in [1.54, 1.807) is 28.8 Å². The summed E-state index contributed by atoms with van der Waals surface area (Å²) in [4.78, 5) is 29.8. The van der Waals surface area contributed by atoms with E-state index in [4.69, 9.17) is 5.14 Å². The number of benzene rings is 1. The minimum absolute atomic E-state index is 0.0328. The largest absolute Gasteiger partial charge is 0.352 e. The number of hydrogen-bond donors (Lipinski definition) is 2. The van der Waals surface area contributed by atoms with Crippen molar-refractivity contribution in [2.45, 2.75) is 31.7 Å². The summed E-state index contributed by atoms with van der Waals surface area (Å²) in [5.41, 5.74) is 1.90. The number of pyridine rings is 2. The summed E-state index contributed by atoms with van der Waals surface area (Å²) in [6.07, 6.45) is 2.01. The molecule has 3 rings (SSSR count). The van der Waals surface area contributed by atoms with Gasteiger partial charge in [-0.15, -0.1) is 0 Å². The van der Waals surface area contributed by atoms with E-state index in [0.29, 0.717) is 30.5 Å². The van der Waals surface area contributed by atoms with Gasteiger partial charge in [0.1, 0.15) is 11.2 Å². The summed E-state index contributed by atoms with van der Waals surface area (Å²) in [5.74, 6) is -0.458. The third kappa shape index (κ3) is 4.52. The first-order chi connectivity index (χ1) is 13.7. The number of aryl methyl sites for hydroxylation is 2. The Hall–Kier alpha value is -3.04. The highest BCUT2D eigenvalue weighted by molar-refractivity contribution is 7.89. The Morgan fingerprint density at radius 3 is 2.48 bits per heavy atom. The van der Waals surface area contributed by atoms with E-state index in [2.05, 4.69) is 10.3 Å². The highest BCUT2D eigenvalue weighted by Gasteiger charge is 2.16. The maximum absolute atomic E-state index is 12.7. The summed E-state index contributed by atoms with van der Waals surface area (Å²) in [6.45, 7) is 4.63. The van der Waals surface area contributed by atoms with Crippen LogP contribution >= 0.6 is 0 Å².